The SMILES string of the molecule is Cc1ccc(S(=O)(=O)Nc2ccc(C)c(C(C)(C)O)c2)cc1. The Hall–Kier alpha value is -1.85. The average molecular weight is 319 g/mol. The standard InChI is InChI=1S/C17H21NO3S/c1-12-5-9-15(10-6-12)22(20,21)18-14-8-7-13(2)16(11-14)17(3,4)19/h5-11,18-19H,1-4H3. The van der Waals surface area contributed by atoms with Crippen LogP contribution in [0, 0.1) is 13.8 Å². The van der Waals surface area contributed by atoms with E-state index in [0.29, 0.717) is 11.3 Å². The van der Waals surface area contributed by atoms with E-state index in [-0.39, 0.29) is 4.90 Å². The Kier molecular flexibility index (Phi) is 4.31. The molecule has 0 saturated heterocycles. The molecule has 0 aliphatic rings. The first-order valence-electron chi connectivity index (χ1n) is 7.02. The second kappa shape index (κ2) is 5.74. The average Bonchev–Trinajstić information content (AvgIpc) is 2.40. The van der Waals surface area contributed by atoms with Gasteiger partial charge in [-0.2, -0.15) is 0 Å². The lowest BCUT2D eigenvalue weighted by molar-refractivity contribution is 0.0780. The summed E-state index contributed by atoms with van der Waals surface area (Å²) in [5, 5.41) is 10.2. The first-order valence-corrected chi connectivity index (χ1v) is 8.51. The predicted molar refractivity (Wildman–Crippen MR) is 88.4 cm³/mol. The number of benzene rings is 2. The van der Waals surface area contributed by atoms with Crippen LogP contribution in [0.2, 0.25) is 0 Å². The highest BCUT2D eigenvalue weighted by atomic mass is 32.2. The molecule has 0 spiro atoms. The van der Waals surface area contributed by atoms with Crippen molar-refractivity contribution in [2.45, 2.75) is 38.2 Å². The van der Waals surface area contributed by atoms with Gasteiger partial charge in [-0.3, -0.25) is 4.72 Å². The molecule has 22 heavy (non-hydrogen) atoms. The lowest BCUT2D eigenvalue weighted by Gasteiger charge is -2.21. The van der Waals surface area contributed by atoms with E-state index in [2.05, 4.69) is 4.72 Å². The molecule has 0 radical (unpaired) electrons. The molecule has 2 N–H and O–H groups in total. The number of sulfonamides is 1. The zero-order valence-corrected chi connectivity index (χ0v) is 14.0. The van der Waals surface area contributed by atoms with Gasteiger partial charge in [0.2, 0.25) is 0 Å². The van der Waals surface area contributed by atoms with Gasteiger partial charge in [-0.15, -0.1) is 0 Å². The van der Waals surface area contributed by atoms with Crippen molar-refractivity contribution in [3.63, 3.8) is 0 Å². The van der Waals surface area contributed by atoms with Crippen molar-refractivity contribution >= 4 is 15.7 Å². The van der Waals surface area contributed by atoms with Gasteiger partial charge in [0.25, 0.3) is 10.0 Å². The molecule has 0 bridgehead atoms. The molecule has 0 aromatic heterocycles. The molecule has 0 aliphatic carbocycles. The Labute approximate surface area is 131 Å². The molecule has 5 heteroatoms. The molecule has 0 atom stereocenters. The lowest BCUT2D eigenvalue weighted by Crippen LogP contribution is -2.18. The third-order valence-corrected chi connectivity index (χ3v) is 4.88. The lowest BCUT2D eigenvalue weighted by atomic mass is 9.93. The molecular weight excluding hydrogens is 298 g/mol. The van der Waals surface area contributed by atoms with Crippen LogP contribution in [0.4, 0.5) is 5.69 Å². The summed E-state index contributed by atoms with van der Waals surface area (Å²) in [5.74, 6) is 0. The zero-order valence-electron chi connectivity index (χ0n) is 13.2. The summed E-state index contributed by atoms with van der Waals surface area (Å²) in [4.78, 5) is 0.212. The minimum Gasteiger partial charge on any atom is -0.386 e. The molecule has 0 fully saturated rings. The Morgan fingerprint density at radius 1 is 1.00 bits per heavy atom. The monoisotopic (exact) mass is 319 g/mol. The van der Waals surface area contributed by atoms with Crippen LogP contribution in [0.5, 0.6) is 0 Å². The van der Waals surface area contributed by atoms with E-state index in [1.165, 1.54) is 0 Å². The van der Waals surface area contributed by atoms with Crippen molar-refractivity contribution in [2.24, 2.45) is 0 Å². The number of hydrogen-bond acceptors (Lipinski definition) is 3. The third-order valence-electron chi connectivity index (χ3n) is 3.48. The van der Waals surface area contributed by atoms with E-state index in [1.807, 2.05) is 13.8 Å². The van der Waals surface area contributed by atoms with Crippen LogP contribution < -0.4 is 4.72 Å². The molecule has 2 aromatic carbocycles. The van der Waals surface area contributed by atoms with Crippen LogP contribution >= 0.6 is 0 Å². The number of anilines is 1. The highest BCUT2D eigenvalue weighted by molar-refractivity contribution is 7.92. The maximum atomic E-state index is 12.4. The molecule has 4 nitrogen and oxygen atoms in total. The Bertz CT molecular complexity index is 773. The Morgan fingerprint density at radius 3 is 2.14 bits per heavy atom. The second-order valence-electron chi connectivity index (χ2n) is 6.01. The largest absolute Gasteiger partial charge is 0.386 e. The third kappa shape index (κ3) is 3.67. The second-order valence-corrected chi connectivity index (χ2v) is 7.69. The van der Waals surface area contributed by atoms with Crippen LogP contribution in [0.25, 0.3) is 0 Å². The van der Waals surface area contributed by atoms with Crippen LogP contribution in [0.1, 0.15) is 30.5 Å². The fraction of sp³-hybridized carbons (Fsp3) is 0.294. The number of nitrogens with one attached hydrogen (secondary N) is 1. The van der Waals surface area contributed by atoms with Gasteiger partial charge in [-0.25, -0.2) is 8.42 Å². The fourth-order valence-electron chi connectivity index (χ4n) is 2.28. The van der Waals surface area contributed by atoms with Crippen LogP contribution in [0.3, 0.4) is 0 Å². The molecule has 0 amide bonds. The minimum atomic E-state index is -3.64. The van der Waals surface area contributed by atoms with Gasteiger partial charge < -0.3 is 5.11 Å². The van der Waals surface area contributed by atoms with Gasteiger partial charge in [0, 0.05) is 5.69 Å². The van der Waals surface area contributed by atoms with Crippen molar-refractivity contribution in [2.75, 3.05) is 4.72 Å². The van der Waals surface area contributed by atoms with E-state index in [9.17, 15) is 13.5 Å². The van der Waals surface area contributed by atoms with Gasteiger partial charge in [-0.05, 0) is 63.1 Å². The van der Waals surface area contributed by atoms with Crippen molar-refractivity contribution in [1.82, 2.24) is 0 Å². The summed E-state index contributed by atoms with van der Waals surface area (Å²) in [7, 11) is -3.64. The van der Waals surface area contributed by atoms with Gasteiger partial charge in [0.05, 0.1) is 10.5 Å². The van der Waals surface area contributed by atoms with E-state index in [0.717, 1.165) is 11.1 Å². The number of hydrogen-bond donors (Lipinski definition) is 2. The van der Waals surface area contributed by atoms with Gasteiger partial charge >= 0.3 is 0 Å². The van der Waals surface area contributed by atoms with Crippen molar-refractivity contribution in [3.05, 3.63) is 59.2 Å². The van der Waals surface area contributed by atoms with E-state index < -0.39 is 15.6 Å². The Balaban J connectivity index is 2.36. The predicted octanol–water partition coefficient (Wildman–Crippen LogP) is 3.33. The first-order chi connectivity index (χ1) is 10.1. The van der Waals surface area contributed by atoms with Crippen LogP contribution in [-0.4, -0.2) is 13.5 Å². The molecule has 2 rings (SSSR count). The topological polar surface area (TPSA) is 66.4 Å². The number of aryl methyl sites for hydroxylation is 2. The highest BCUT2D eigenvalue weighted by Crippen LogP contribution is 2.27. The van der Waals surface area contributed by atoms with Crippen molar-refractivity contribution in [3.8, 4) is 0 Å². The summed E-state index contributed by atoms with van der Waals surface area (Å²) >= 11 is 0. The highest BCUT2D eigenvalue weighted by Gasteiger charge is 2.20. The molecule has 0 aliphatic heterocycles. The molecule has 0 unspecified atom stereocenters. The summed E-state index contributed by atoms with van der Waals surface area (Å²) in [6, 6.07) is 11.8. The number of aliphatic hydroxyl groups is 1. The minimum absolute atomic E-state index is 0.212. The van der Waals surface area contributed by atoms with Crippen molar-refractivity contribution < 1.29 is 13.5 Å². The maximum Gasteiger partial charge on any atom is 0.261 e. The molecule has 118 valence electrons. The van der Waals surface area contributed by atoms with Crippen LogP contribution in [-0.2, 0) is 15.6 Å². The molecule has 0 saturated carbocycles. The van der Waals surface area contributed by atoms with E-state index >= 15 is 0 Å². The zero-order chi connectivity index (χ0) is 16.5. The van der Waals surface area contributed by atoms with Crippen molar-refractivity contribution in [1.29, 1.82) is 0 Å². The summed E-state index contributed by atoms with van der Waals surface area (Å²) < 4.78 is 27.3. The van der Waals surface area contributed by atoms with E-state index in [1.54, 1.807) is 56.3 Å². The van der Waals surface area contributed by atoms with Gasteiger partial charge in [0.15, 0.2) is 0 Å². The summed E-state index contributed by atoms with van der Waals surface area (Å²) in [6.45, 7) is 7.13. The maximum absolute atomic E-state index is 12.4. The number of rotatable bonds is 4. The first kappa shape index (κ1) is 16.5. The van der Waals surface area contributed by atoms with Gasteiger partial charge in [0.1, 0.15) is 0 Å². The molecule has 0 heterocycles. The quantitative estimate of drug-likeness (QED) is 0.908. The van der Waals surface area contributed by atoms with E-state index in [4.69, 9.17) is 0 Å². The van der Waals surface area contributed by atoms with Crippen LogP contribution in [0.15, 0.2) is 47.4 Å². The van der Waals surface area contributed by atoms with Gasteiger partial charge in [-0.1, -0.05) is 23.8 Å². The summed E-state index contributed by atoms with van der Waals surface area (Å²) in [5.41, 5.74) is 2.00. The fourth-order valence-corrected chi connectivity index (χ4v) is 3.33. The Morgan fingerprint density at radius 2 is 1.59 bits per heavy atom. The smallest absolute Gasteiger partial charge is 0.261 e. The molecular formula is C17H21NO3S. The summed E-state index contributed by atoms with van der Waals surface area (Å²) in [6.07, 6.45) is 0. The molecule has 2 aromatic rings. The normalized spacial score (nSPS) is 12.2.